The molecule has 1 saturated heterocycles. The van der Waals surface area contributed by atoms with Crippen molar-refractivity contribution < 1.29 is 8.78 Å². The highest BCUT2D eigenvalue weighted by atomic mass is 32.2. The Morgan fingerprint density at radius 1 is 0.967 bits per heavy atom. The van der Waals surface area contributed by atoms with E-state index >= 15 is 0 Å². The zero-order valence-corrected chi connectivity index (χ0v) is 20.3. The van der Waals surface area contributed by atoms with Crippen molar-refractivity contribution in [2.75, 3.05) is 11.5 Å². The van der Waals surface area contributed by atoms with Crippen molar-refractivity contribution in [2.24, 2.45) is 11.8 Å². The Morgan fingerprint density at radius 3 is 2.37 bits per heavy atom. The van der Waals surface area contributed by atoms with E-state index in [1.807, 2.05) is 12.1 Å². The van der Waals surface area contributed by atoms with Gasteiger partial charge in [0.2, 0.25) is 0 Å². The molecule has 0 atom stereocenters. The van der Waals surface area contributed by atoms with E-state index in [-0.39, 0.29) is 5.92 Å². The number of benzene rings is 1. The molecule has 0 bridgehead atoms. The van der Waals surface area contributed by atoms with Crippen LogP contribution in [0.1, 0.15) is 88.7 Å². The van der Waals surface area contributed by atoms with E-state index in [2.05, 4.69) is 49.5 Å². The van der Waals surface area contributed by atoms with E-state index in [4.69, 9.17) is 0 Å². The summed E-state index contributed by atoms with van der Waals surface area (Å²) in [6.45, 7) is 4.22. The van der Waals surface area contributed by atoms with Crippen molar-refractivity contribution in [3.8, 4) is 0 Å². The minimum atomic E-state index is -0.588. The number of halogens is 2. The van der Waals surface area contributed by atoms with Crippen LogP contribution in [-0.4, -0.2) is 16.1 Å². The summed E-state index contributed by atoms with van der Waals surface area (Å²) in [4.78, 5) is 0. The van der Waals surface area contributed by atoms with Crippen LogP contribution in [0, 0.1) is 23.5 Å². The lowest BCUT2D eigenvalue weighted by atomic mass is 9.74. The number of aryl methyl sites for hydroxylation is 1. The molecule has 30 heavy (non-hydrogen) atoms. The zero-order valence-electron chi connectivity index (χ0n) is 18.7. The molecule has 1 aliphatic carbocycles. The van der Waals surface area contributed by atoms with Crippen LogP contribution in [-0.2, 0) is 6.42 Å². The molecule has 0 N–H and O–H groups in total. The van der Waals surface area contributed by atoms with Gasteiger partial charge in [0.15, 0.2) is 11.6 Å². The summed E-state index contributed by atoms with van der Waals surface area (Å²) in [7, 11) is 0. The molecule has 0 radical (unpaired) electrons. The molecule has 0 amide bonds. The van der Waals surface area contributed by atoms with E-state index in [9.17, 15) is 8.78 Å². The minimum absolute atomic E-state index is 0.193. The first-order valence-electron chi connectivity index (χ1n) is 11.9. The normalized spacial score (nSPS) is 27.6. The molecule has 2 fully saturated rings. The summed E-state index contributed by atoms with van der Waals surface area (Å²) in [6.07, 6.45) is 15.0. The first-order chi connectivity index (χ1) is 14.6. The molecule has 1 aliphatic heterocycles. The predicted octanol–water partition coefficient (Wildman–Crippen LogP) is 8.75. The first kappa shape index (κ1) is 24.2. The van der Waals surface area contributed by atoms with Gasteiger partial charge in [0, 0.05) is 0 Å². The highest BCUT2D eigenvalue weighted by molar-refractivity contribution is 8.17. The van der Waals surface area contributed by atoms with Crippen LogP contribution in [0.15, 0.2) is 24.3 Å². The number of hydrogen-bond acceptors (Lipinski definition) is 2. The molecule has 0 aromatic heterocycles. The fourth-order valence-corrected chi connectivity index (χ4v) is 8.29. The third kappa shape index (κ3) is 6.51. The van der Waals surface area contributed by atoms with Gasteiger partial charge < -0.3 is 0 Å². The summed E-state index contributed by atoms with van der Waals surface area (Å²) in [5.74, 6) is 3.14. The molecule has 1 heterocycles. The van der Waals surface area contributed by atoms with Crippen molar-refractivity contribution in [3.63, 3.8) is 0 Å². The van der Waals surface area contributed by atoms with Gasteiger partial charge in [-0.3, -0.25) is 0 Å². The Morgan fingerprint density at radius 2 is 1.70 bits per heavy atom. The minimum Gasteiger partial charge on any atom is -0.203 e. The maximum Gasteiger partial charge on any atom is 0.162 e. The van der Waals surface area contributed by atoms with Gasteiger partial charge in [0.25, 0.3) is 0 Å². The number of unbranched alkanes of at least 4 members (excludes halogenated alkanes) is 2. The molecule has 0 unspecified atom stereocenters. The molecule has 3 rings (SSSR count). The summed E-state index contributed by atoms with van der Waals surface area (Å²) in [6, 6.07) is 3.73. The van der Waals surface area contributed by atoms with Crippen LogP contribution in [0.2, 0.25) is 0 Å². The highest BCUT2D eigenvalue weighted by Crippen LogP contribution is 2.45. The third-order valence-corrected chi connectivity index (χ3v) is 10.2. The first-order valence-corrected chi connectivity index (χ1v) is 14.0. The van der Waals surface area contributed by atoms with Gasteiger partial charge in [-0.05, 0) is 98.7 Å². The number of hydrogen-bond donors (Lipinski definition) is 0. The molecule has 1 aromatic rings. The fraction of sp³-hybridized carbons (Fsp3) is 0.692. The summed E-state index contributed by atoms with van der Waals surface area (Å²) in [5, 5.41) is 0. The van der Waals surface area contributed by atoms with E-state index < -0.39 is 11.6 Å². The molecule has 2 aliphatic rings. The Bertz CT molecular complexity index is 672. The van der Waals surface area contributed by atoms with Crippen molar-refractivity contribution in [2.45, 2.75) is 88.6 Å². The lowest BCUT2D eigenvalue weighted by Gasteiger charge is -2.37. The average Bonchev–Trinajstić information content (AvgIpc) is 2.78. The largest absolute Gasteiger partial charge is 0.203 e. The second-order valence-corrected chi connectivity index (χ2v) is 11.8. The van der Waals surface area contributed by atoms with Crippen LogP contribution in [0.5, 0.6) is 0 Å². The van der Waals surface area contributed by atoms with Crippen molar-refractivity contribution in [1.29, 1.82) is 0 Å². The molecule has 168 valence electrons. The van der Waals surface area contributed by atoms with Gasteiger partial charge in [-0.15, -0.1) is 23.5 Å². The Kier molecular flexibility index (Phi) is 10.1. The van der Waals surface area contributed by atoms with Crippen molar-refractivity contribution in [3.05, 3.63) is 47.0 Å². The monoisotopic (exact) mass is 452 g/mol. The molecular weight excluding hydrogens is 414 g/mol. The molecule has 0 spiro atoms. The van der Waals surface area contributed by atoms with Crippen LogP contribution >= 0.6 is 23.5 Å². The fourth-order valence-electron chi connectivity index (χ4n) is 4.98. The van der Waals surface area contributed by atoms with Gasteiger partial charge in [0.05, 0.1) is 4.58 Å². The van der Waals surface area contributed by atoms with E-state index in [0.717, 1.165) is 48.5 Å². The van der Waals surface area contributed by atoms with Gasteiger partial charge >= 0.3 is 0 Å². The second-order valence-electron chi connectivity index (χ2n) is 9.01. The number of thioether (sulfide) groups is 2. The number of allylic oxidation sites excluding steroid dienone is 2. The molecule has 0 nitrogen and oxygen atoms in total. The molecular formula is C26H38F2S2. The van der Waals surface area contributed by atoms with Gasteiger partial charge in [-0.25, -0.2) is 8.78 Å². The SMILES string of the molecule is C/C=C/CCC1SCC(C2CCC(c3ccc(CCCCC)c(F)c3F)CC2)CS1. The molecule has 1 saturated carbocycles. The predicted molar refractivity (Wildman–Crippen MR) is 131 cm³/mol. The van der Waals surface area contributed by atoms with Crippen molar-refractivity contribution >= 4 is 23.5 Å². The quantitative estimate of drug-likeness (QED) is 0.271. The van der Waals surface area contributed by atoms with Gasteiger partial charge in [-0.1, -0.05) is 44.1 Å². The van der Waals surface area contributed by atoms with E-state index in [1.165, 1.54) is 37.2 Å². The Balaban J connectivity index is 1.48. The second kappa shape index (κ2) is 12.5. The van der Waals surface area contributed by atoms with Crippen LogP contribution in [0.4, 0.5) is 8.78 Å². The van der Waals surface area contributed by atoms with Gasteiger partial charge in [0.1, 0.15) is 0 Å². The Labute approximate surface area is 191 Å². The topological polar surface area (TPSA) is 0 Å². The number of rotatable bonds is 9. The van der Waals surface area contributed by atoms with E-state index in [0.29, 0.717) is 17.5 Å². The van der Waals surface area contributed by atoms with Gasteiger partial charge in [-0.2, -0.15) is 0 Å². The summed E-state index contributed by atoms with van der Waals surface area (Å²) < 4.78 is 30.1. The average molecular weight is 453 g/mol. The van der Waals surface area contributed by atoms with Crippen LogP contribution in [0.3, 0.4) is 0 Å². The molecule has 4 heteroatoms. The smallest absolute Gasteiger partial charge is 0.162 e. The van der Waals surface area contributed by atoms with E-state index in [1.54, 1.807) is 0 Å². The zero-order chi connectivity index (χ0) is 21.3. The highest BCUT2D eigenvalue weighted by Gasteiger charge is 2.33. The lowest BCUT2D eigenvalue weighted by molar-refractivity contribution is 0.261. The lowest BCUT2D eigenvalue weighted by Crippen LogP contribution is -2.28. The Hall–Kier alpha value is -0.480. The summed E-state index contributed by atoms with van der Waals surface area (Å²) >= 11 is 4.29. The maximum atomic E-state index is 14.8. The van der Waals surface area contributed by atoms with Crippen LogP contribution in [0.25, 0.3) is 0 Å². The summed E-state index contributed by atoms with van der Waals surface area (Å²) in [5.41, 5.74) is 1.18. The van der Waals surface area contributed by atoms with Crippen LogP contribution < -0.4 is 0 Å². The molecule has 1 aromatic carbocycles. The van der Waals surface area contributed by atoms with Crippen molar-refractivity contribution in [1.82, 2.24) is 0 Å². The standard InChI is InChI=1S/C26H38F2S2/c1-3-5-7-9-21-15-16-23(26(28)25(21)27)20-13-11-19(12-14-20)22-17-29-24(30-18-22)10-8-6-4-2/h4,6,15-16,19-20,22,24H,3,5,7-14,17-18H2,1-2H3/b6-4+. The maximum absolute atomic E-state index is 14.8. The third-order valence-electron chi connectivity index (χ3n) is 6.92.